The molecule has 2 rings (SSSR count). The third-order valence-electron chi connectivity index (χ3n) is 3.20. The smallest absolute Gasteiger partial charge is 0.119 e. The predicted molar refractivity (Wildman–Crippen MR) is 91.9 cm³/mol. The van der Waals surface area contributed by atoms with Gasteiger partial charge in [-0.3, -0.25) is 0 Å². The monoisotopic (exact) mass is 301 g/mol. The number of nitrogens with one attached hydrogen (secondary N) is 1. The molecule has 1 N–H and O–H groups in total. The van der Waals surface area contributed by atoms with Gasteiger partial charge in [0.2, 0.25) is 0 Å². The maximum absolute atomic E-state index is 5.78. The first kappa shape index (κ1) is 15.9. The minimum Gasteiger partial charge on any atom is -0.489 e. The van der Waals surface area contributed by atoms with Gasteiger partial charge in [-0.15, -0.1) is 0 Å². The standard InChI is InChI=1S/C18H23NOS/c1-21-13-5-12-19-14-16-8-10-18(11-9-16)20-15-17-6-3-2-4-7-17/h2-4,6-11,19H,5,12-15H2,1H3. The average molecular weight is 301 g/mol. The van der Waals surface area contributed by atoms with Crippen molar-refractivity contribution in [1.82, 2.24) is 5.32 Å². The van der Waals surface area contributed by atoms with Crippen LogP contribution in [0.1, 0.15) is 17.5 Å². The van der Waals surface area contributed by atoms with E-state index in [9.17, 15) is 0 Å². The van der Waals surface area contributed by atoms with Crippen molar-refractivity contribution >= 4 is 11.8 Å². The molecule has 0 unspecified atom stereocenters. The van der Waals surface area contributed by atoms with Gasteiger partial charge in [0, 0.05) is 6.54 Å². The molecule has 0 saturated heterocycles. The van der Waals surface area contributed by atoms with Crippen LogP contribution in [-0.4, -0.2) is 18.6 Å². The molecule has 0 atom stereocenters. The Labute approximate surface area is 131 Å². The van der Waals surface area contributed by atoms with Gasteiger partial charge < -0.3 is 10.1 Å². The summed E-state index contributed by atoms with van der Waals surface area (Å²) < 4.78 is 5.78. The van der Waals surface area contributed by atoms with Crippen molar-refractivity contribution in [3.05, 3.63) is 65.7 Å². The first-order chi connectivity index (χ1) is 10.4. The van der Waals surface area contributed by atoms with Gasteiger partial charge in [0.25, 0.3) is 0 Å². The Kier molecular flexibility index (Phi) is 7.19. The Morgan fingerprint density at radius 1 is 0.952 bits per heavy atom. The normalized spacial score (nSPS) is 10.5. The zero-order valence-corrected chi connectivity index (χ0v) is 13.4. The molecule has 112 valence electrons. The molecule has 0 radical (unpaired) electrons. The van der Waals surface area contributed by atoms with Crippen molar-refractivity contribution in [2.45, 2.75) is 19.6 Å². The fourth-order valence-electron chi connectivity index (χ4n) is 2.02. The molecule has 0 saturated carbocycles. The van der Waals surface area contributed by atoms with Crippen LogP contribution in [0.2, 0.25) is 0 Å². The highest BCUT2D eigenvalue weighted by molar-refractivity contribution is 7.98. The van der Waals surface area contributed by atoms with Gasteiger partial charge in [-0.2, -0.15) is 11.8 Å². The van der Waals surface area contributed by atoms with Crippen LogP contribution in [-0.2, 0) is 13.2 Å². The Balaban J connectivity index is 1.71. The molecule has 0 heterocycles. The van der Waals surface area contributed by atoms with E-state index in [2.05, 4.69) is 35.8 Å². The van der Waals surface area contributed by atoms with Crippen molar-refractivity contribution in [3.8, 4) is 5.75 Å². The van der Waals surface area contributed by atoms with E-state index in [0.29, 0.717) is 6.61 Å². The summed E-state index contributed by atoms with van der Waals surface area (Å²) in [5.74, 6) is 2.14. The van der Waals surface area contributed by atoms with Crippen LogP contribution >= 0.6 is 11.8 Å². The highest BCUT2D eigenvalue weighted by Gasteiger charge is 1.97. The van der Waals surface area contributed by atoms with E-state index < -0.39 is 0 Å². The third kappa shape index (κ3) is 6.23. The minimum absolute atomic E-state index is 0.618. The predicted octanol–water partition coefficient (Wildman–Crippen LogP) is 4.11. The summed E-state index contributed by atoms with van der Waals surface area (Å²) >= 11 is 1.90. The van der Waals surface area contributed by atoms with Crippen LogP contribution in [0.3, 0.4) is 0 Å². The van der Waals surface area contributed by atoms with Crippen LogP contribution in [0.4, 0.5) is 0 Å². The first-order valence-electron chi connectivity index (χ1n) is 7.34. The summed E-state index contributed by atoms with van der Waals surface area (Å²) in [7, 11) is 0. The van der Waals surface area contributed by atoms with E-state index in [4.69, 9.17) is 4.74 Å². The highest BCUT2D eigenvalue weighted by Crippen LogP contribution is 2.14. The van der Waals surface area contributed by atoms with E-state index in [1.165, 1.54) is 23.3 Å². The Hall–Kier alpha value is -1.45. The molecule has 0 amide bonds. The van der Waals surface area contributed by atoms with Crippen molar-refractivity contribution in [2.75, 3.05) is 18.6 Å². The Morgan fingerprint density at radius 2 is 1.71 bits per heavy atom. The molecule has 0 aliphatic rings. The lowest BCUT2D eigenvalue weighted by molar-refractivity contribution is 0.306. The van der Waals surface area contributed by atoms with Gasteiger partial charge in [0.05, 0.1) is 0 Å². The summed E-state index contributed by atoms with van der Waals surface area (Å²) in [5.41, 5.74) is 2.49. The summed E-state index contributed by atoms with van der Waals surface area (Å²) in [6, 6.07) is 18.6. The largest absolute Gasteiger partial charge is 0.489 e. The summed E-state index contributed by atoms with van der Waals surface area (Å²) in [4.78, 5) is 0. The lowest BCUT2D eigenvalue weighted by Crippen LogP contribution is -2.15. The van der Waals surface area contributed by atoms with Crippen LogP contribution in [0.25, 0.3) is 0 Å². The molecular weight excluding hydrogens is 278 g/mol. The van der Waals surface area contributed by atoms with Crippen molar-refractivity contribution in [3.63, 3.8) is 0 Å². The van der Waals surface area contributed by atoms with Gasteiger partial charge in [0.1, 0.15) is 12.4 Å². The molecule has 0 spiro atoms. The van der Waals surface area contributed by atoms with E-state index in [1.54, 1.807) is 0 Å². The van der Waals surface area contributed by atoms with Gasteiger partial charge in [-0.1, -0.05) is 42.5 Å². The van der Waals surface area contributed by atoms with Crippen LogP contribution in [0.15, 0.2) is 54.6 Å². The van der Waals surface area contributed by atoms with Gasteiger partial charge >= 0.3 is 0 Å². The Bertz CT molecular complexity index is 498. The van der Waals surface area contributed by atoms with Crippen LogP contribution in [0, 0.1) is 0 Å². The van der Waals surface area contributed by atoms with Crippen molar-refractivity contribution < 1.29 is 4.74 Å². The SMILES string of the molecule is CSCCCNCc1ccc(OCc2ccccc2)cc1. The average Bonchev–Trinajstić information content (AvgIpc) is 2.55. The van der Waals surface area contributed by atoms with Crippen molar-refractivity contribution in [2.24, 2.45) is 0 Å². The van der Waals surface area contributed by atoms with E-state index in [1.807, 2.05) is 42.1 Å². The maximum atomic E-state index is 5.78. The molecule has 2 nitrogen and oxygen atoms in total. The van der Waals surface area contributed by atoms with Crippen LogP contribution in [0.5, 0.6) is 5.75 Å². The number of benzene rings is 2. The summed E-state index contributed by atoms with van der Waals surface area (Å²) in [5, 5.41) is 3.46. The van der Waals surface area contributed by atoms with E-state index >= 15 is 0 Å². The second-order valence-electron chi connectivity index (χ2n) is 4.94. The van der Waals surface area contributed by atoms with Gasteiger partial charge in [0.15, 0.2) is 0 Å². The summed E-state index contributed by atoms with van der Waals surface area (Å²) in [6.45, 7) is 2.62. The quantitative estimate of drug-likeness (QED) is 0.704. The molecule has 0 aliphatic heterocycles. The lowest BCUT2D eigenvalue weighted by Gasteiger charge is -2.08. The zero-order chi connectivity index (χ0) is 14.8. The fourth-order valence-corrected chi connectivity index (χ4v) is 2.45. The number of thioether (sulfide) groups is 1. The number of hydrogen-bond acceptors (Lipinski definition) is 3. The fraction of sp³-hybridized carbons (Fsp3) is 0.333. The molecule has 0 aromatic heterocycles. The Morgan fingerprint density at radius 3 is 2.43 bits per heavy atom. The molecular formula is C18H23NOS. The molecule has 21 heavy (non-hydrogen) atoms. The van der Waals surface area contributed by atoms with Gasteiger partial charge in [-0.05, 0) is 48.2 Å². The molecule has 3 heteroatoms. The van der Waals surface area contributed by atoms with E-state index in [-0.39, 0.29) is 0 Å². The number of ether oxygens (including phenoxy) is 1. The maximum Gasteiger partial charge on any atom is 0.119 e. The van der Waals surface area contributed by atoms with Crippen molar-refractivity contribution in [1.29, 1.82) is 0 Å². The second kappa shape index (κ2) is 9.48. The summed E-state index contributed by atoms with van der Waals surface area (Å²) in [6.07, 6.45) is 3.37. The highest BCUT2D eigenvalue weighted by atomic mass is 32.2. The van der Waals surface area contributed by atoms with Crippen LogP contribution < -0.4 is 10.1 Å². The second-order valence-corrected chi connectivity index (χ2v) is 5.93. The third-order valence-corrected chi connectivity index (χ3v) is 3.90. The molecule has 0 fully saturated rings. The molecule has 2 aromatic rings. The van der Waals surface area contributed by atoms with Gasteiger partial charge in [-0.25, -0.2) is 0 Å². The molecule has 0 bridgehead atoms. The zero-order valence-electron chi connectivity index (χ0n) is 12.5. The lowest BCUT2D eigenvalue weighted by atomic mass is 10.2. The first-order valence-corrected chi connectivity index (χ1v) is 8.73. The number of rotatable bonds is 9. The molecule has 0 aliphatic carbocycles. The molecule has 2 aromatic carbocycles. The van der Waals surface area contributed by atoms with E-state index in [0.717, 1.165) is 18.8 Å². The minimum atomic E-state index is 0.618. The number of hydrogen-bond donors (Lipinski definition) is 1. The topological polar surface area (TPSA) is 21.3 Å².